The fraction of sp³-hybridized carbons (Fsp3) is 0.524. The van der Waals surface area contributed by atoms with Crippen LogP contribution in [0.5, 0.6) is 0 Å². The van der Waals surface area contributed by atoms with E-state index in [4.69, 9.17) is 4.42 Å². The summed E-state index contributed by atoms with van der Waals surface area (Å²) in [5.74, 6) is -1.26. The van der Waals surface area contributed by atoms with Gasteiger partial charge in [0.2, 0.25) is 5.89 Å². The number of carbonyl (C=O) groups is 2. The zero-order valence-corrected chi connectivity index (χ0v) is 17.8. The standard InChI is InChI=1S/C21H21F5N4O4/c22-16(23)18-29-28-17(34-18)11-5-6-12-10-30(19(31)13(12)9-11)15-4-2-1-3-14(15)27-20(32)33-8-7-21(24,25)26/h5-6,9,14-16H,1-4,7-8,10H2,(H,27,32)/t14-,15-/m1/s1. The number of amides is 2. The molecule has 1 aromatic carbocycles. The van der Waals surface area contributed by atoms with Crippen LogP contribution in [0.1, 0.15) is 60.3 Å². The highest BCUT2D eigenvalue weighted by Crippen LogP contribution is 2.34. The van der Waals surface area contributed by atoms with Gasteiger partial charge in [-0.15, -0.1) is 10.2 Å². The van der Waals surface area contributed by atoms with E-state index in [0.717, 1.165) is 12.8 Å². The fourth-order valence-corrected chi connectivity index (χ4v) is 4.27. The van der Waals surface area contributed by atoms with Gasteiger partial charge in [-0.05, 0) is 30.5 Å². The Morgan fingerprint density at radius 2 is 2.00 bits per heavy atom. The number of benzene rings is 1. The molecular weight excluding hydrogens is 467 g/mol. The topological polar surface area (TPSA) is 97.6 Å². The quantitative estimate of drug-likeness (QED) is 0.596. The van der Waals surface area contributed by atoms with Crippen LogP contribution >= 0.6 is 0 Å². The molecule has 2 aliphatic rings. The number of aromatic nitrogens is 2. The van der Waals surface area contributed by atoms with Crippen LogP contribution in [-0.4, -0.2) is 52.0 Å². The van der Waals surface area contributed by atoms with Crippen LogP contribution < -0.4 is 5.32 Å². The van der Waals surface area contributed by atoms with E-state index in [1.807, 2.05) is 0 Å². The molecule has 0 spiro atoms. The van der Waals surface area contributed by atoms with Crippen molar-refractivity contribution in [2.24, 2.45) is 0 Å². The van der Waals surface area contributed by atoms with Crippen LogP contribution in [0.4, 0.5) is 26.7 Å². The summed E-state index contributed by atoms with van der Waals surface area (Å²) in [6.07, 6.45) is -6.80. The maximum Gasteiger partial charge on any atom is 0.407 e. The first-order valence-electron chi connectivity index (χ1n) is 10.7. The van der Waals surface area contributed by atoms with E-state index >= 15 is 0 Å². The van der Waals surface area contributed by atoms with Crippen LogP contribution in [0.15, 0.2) is 22.6 Å². The zero-order chi connectivity index (χ0) is 24.5. The van der Waals surface area contributed by atoms with Gasteiger partial charge in [-0.25, -0.2) is 4.79 Å². The second kappa shape index (κ2) is 9.55. The lowest BCUT2D eigenvalue weighted by molar-refractivity contribution is -0.141. The van der Waals surface area contributed by atoms with Gasteiger partial charge < -0.3 is 19.4 Å². The second-order valence-corrected chi connectivity index (χ2v) is 8.15. The van der Waals surface area contributed by atoms with Crippen molar-refractivity contribution in [1.82, 2.24) is 20.4 Å². The van der Waals surface area contributed by atoms with E-state index in [1.54, 1.807) is 17.0 Å². The van der Waals surface area contributed by atoms with Crippen molar-refractivity contribution >= 4 is 12.0 Å². The molecule has 184 valence electrons. The number of carbonyl (C=O) groups excluding carboxylic acids is 2. The molecule has 0 radical (unpaired) electrons. The smallest absolute Gasteiger partial charge is 0.407 e. The molecule has 1 fully saturated rings. The Morgan fingerprint density at radius 3 is 2.71 bits per heavy atom. The Bertz CT molecular complexity index is 1060. The maximum absolute atomic E-state index is 13.2. The number of hydrogen-bond acceptors (Lipinski definition) is 6. The molecule has 0 unspecified atom stereocenters. The predicted octanol–water partition coefficient (Wildman–Crippen LogP) is 4.62. The zero-order valence-electron chi connectivity index (χ0n) is 17.8. The van der Waals surface area contributed by atoms with Gasteiger partial charge in [-0.2, -0.15) is 22.0 Å². The minimum Gasteiger partial charge on any atom is -0.449 e. The highest BCUT2D eigenvalue weighted by atomic mass is 19.4. The van der Waals surface area contributed by atoms with Crippen molar-refractivity contribution in [2.45, 2.75) is 63.3 Å². The van der Waals surface area contributed by atoms with E-state index in [2.05, 4.69) is 20.3 Å². The normalized spacial score (nSPS) is 20.5. The monoisotopic (exact) mass is 488 g/mol. The summed E-state index contributed by atoms with van der Waals surface area (Å²) in [6, 6.07) is 3.91. The lowest BCUT2D eigenvalue weighted by Crippen LogP contribution is -2.53. The van der Waals surface area contributed by atoms with Crippen molar-refractivity contribution in [3.63, 3.8) is 0 Å². The Kier molecular flexibility index (Phi) is 6.71. The van der Waals surface area contributed by atoms with Gasteiger partial charge in [-0.1, -0.05) is 18.9 Å². The number of ether oxygens (including phenoxy) is 1. The Morgan fingerprint density at radius 1 is 1.24 bits per heavy atom. The van der Waals surface area contributed by atoms with Crippen LogP contribution in [0, 0.1) is 0 Å². The number of nitrogens with zero attached hydrogens (tertiary/aromatic N) is 3. The highest BCUT2D eigenvalue weighted by Gasteiger charge is 2.39. The predicted molar refractivity (Wildman–Crippen MR) is 106 cm³/mol. The molecule has 2 atom stereocenters. The first-order valence-corrected chi connectivity index (χ1v) is 10.7. The number of fused-ring (bicyclic) bond motifs is 1. The highest BCUT2D eigenvalue weighted by molar-refractivity contribution is 5.99. The van der Waals surface area contributed by atoms with Crippen molar-refractivity contribution in [3.8, 4) is 11.5 Å². The lowest BCUT2D eigenvalue weighted by atomic mass is 9.89. The SMILES string of the molecule is O=C(N[C@@H]1CCCC[C@H]1N1Cc2ccc(-c3nnc(C(F)F)o3)cc2C1=O)OCCC(F)(F)F. The summed E-state index contributed by atoms with van der Waals surface area (Å²) in [5, 5.41) is 9.49. The molecule has 2 aromatic rings. The number of alkyl halides is 5. The summed E-state index contributed by atoms with van der Waals surface area (Å²) in [7, 11) is 0. The largest absolute Gasteiger partial charge is 0.449 e. The molecule has 2 heterocycles. The molecule has 1 saturated carbocycles. The third-order valence-electron chi connectivity index (χ3n) is 5.87. The number of hydrogen-bond donors (Lipinski definition) is 1. The van der Waals surface area contributed by atoms with E-state index in [0.29, 0.717) is 29.5 Å². The molecular formula is C21H21F5N4O4. The molecule has 2 amide bonds. The Labute approximate surface area is 190 Å². The van der Waals surface area contributed by atoms with Gasteiger partial charge >= 0.3 is 18.7 Å². The molecule has 8 nitrogen and oxygen atoms in total. The molecule has 0 saturated heterocycles. The van der Waals surface area contributed by atoms with Crippen molar-refractivity contribution in [2.75, 3.05) is 6.61 Å². The van der Waals surface area contributed by atoms with Crippen LogP contribution in [0.2, 0.25) is 0 Å². The lowest BCUT2D eigenvalue weighted by Gasteiger charge is -2.38. The number of alkyl carbamates (subject to hydrolysis) is 1. The molecule has 4 rings (SSSR count). The Balaban J connectivity index is 1.44. The molecule has 34 heavy (non-hydrogen) atoms. The molecule has 1 aromatic heterocycles. The average molecular weight is 488 g/mol. The van der Waals surface area contributed by atoms with E-state index in [1.165, 1.54) is 6.07 Å². The van der Waals surface area contributed by atoms with Crippen LogP contribution in [0.25, 0.3) is 11.5 Å². The summed E-state index contributed by atoms with van der Waals surface area (Å²) >= 11 is 0. The number of rotatable bonds is 6. The summed E-state index contributed by atoms with van der Waals surface area (Å²) < 4.78 is 71.9. The van der Waals surface area contributed by atoms with Crippen molar-refractivity contribution in [1.29, 1.82) is 0 Å². The molecule has 1 aliphatic heterocycles. The molecule has 0 bridgehead atoms. The third-order valence-corrected chi connectivity index (χ3v) is 5.87. The number of nitrogens with one attached hydrogen (secondary N) is 1. The average Bonchev–Trinajstić information content (AvgIpc) is 3.39. The van der Waals surface area contributed by atoms with Gasteiger partial charge in [0.25, 0.3) is 11.8 Å². The summed E-state index contributed by atoms with van der Waals surface area (Å²) in [5.41, 5.74) is 1.38. The third kappa shape index (κ3) is 5.28. The summed E-state index contributed by atoms with van der Waals surface area (Å²) in [6.45, 7) is -0.515. The van der Waals surface area contributed by atoms with Gasteiger partial charge in [0.05, 0.1) is 18.5 Å². The van der Waals surface area contributed by atoms with Gasteiger partial charge in [0.1, 0.15) is 6.61 Å². The first-order chi connectivity index (χ1) is 16.1. The van der Waals surface area contributed by atoms with E-state index in [-0.39, 0.29) is 24.4 Å². The second-order valence-electron chi connectivity index (χ2n) is 8.15. The first kappa shape index (κ1) is 23.9. The van der Waals surface area contributed by atoms with Crippen molar-refractivity contribution in [3.05, 3.63) is 35.2 Å². The molecule has 1 N–H and O–H groups in total. The van der Waals surface area contributed by atoms with Gasteiger partial charge in [-0.3, -0.25) is 4.79 Å². The molecule has 13 heteroatoms. The van der Waals surface area contributed by atoms with Gasteiger partial charge in [0.15, 0.2) is 0 Å². The van der Waals surface area contributed by atoms with Crippen molar-refractivity contribution < 1.29 is 40.7 Å². The molecule has 1 aliphatic carbocycles. The van der Waals surface area contributed by atoms with Crippen LogP contribution in [0.3, 0.4) is 0 Å². The minimum absolute atomic E-state index is 0.136. The van der Waals surface area contributed by atoms with Gasteiger partial charge in [0, 0.05) is 17.7 Å². The number of halogens is 5. The summed E-state index contributed by atoms with van der Waals surface area (Å²) in [4.78, 5) is 26.8. The van der Waals surface area contributed by atoms with E-state index in [9.17, 15) is 31.5 Å². The van der Waals surface area contributed by atoms with Crippen LogP contribution in [-0.2, 0) is 11.3 Å². The van der Waals surface area contributed by atoms with E-state index < -0.39 is 43.7 Å². The maximum atomic E-state index is 13.2. The minimum atomic E-state index is -4.43. The fourth-order valence-electron chi connectivity index (χ4n) is 4.27. The Hall–Kier alpha value is -3.25.